The van der Waals surface area contributed by atoms with Crippen molar-refractivity contribution in [3.63, 3.8) is 0 Å². The van der Waals surface area contributed by atoms with Crippen LogP contribution in [0, 0.1) is 0 Å². The first-order chi connectivity index (χ1) is 11.5. The molecule has 130 valence electrons. The molecule has 24 heavy (non-hydrogen) atoms. The number of thioether (sulfide) groups is 1. The van der Waals surface area contributed by atoms with Crippen LogP contribution < -0.4 is 9.47 Å². The van der Waals surface area contributed by atoms with Crippen molar-refractivity contribution in [3.05, 3.63) is 27.1 Å². The highest BCUT2D eigenvalue weighted by molar-refractivity contribution is 9.10. The Morgan fingerprint density at radius 2 is 1.88 bits per heavy atom. The second kappa shape index (κ2) is 8.58. The predicted octanol–water partition coefficient (Wildman–Crippen LogP) is 4.69. The first-order valence-corrected chi connectivity index (χ1v) is 9.29. The topological polar surface area (TPSA) is 55.8 Å². The van der Waals surface area contributed by atoms with E-state index in [-0.39, 0.29) is 11.1 Å². The van der Waals surface area contributed by atoms with Gasteiger partial charge in [-0.2, -0.15) is 0 Å². The van der Waals surface area contributed by atoms with Gasteiger partial charge in [0, 0.05) is 18.2 Å². The second-order valence-corrected chi connectivity index (χ2v) is 7.12. The number of carbonyl (C=O) groups is 2. The number of nitrogens with zero attached hydrogens (tertiary/aromatic N) is 1. The Labute approximate surface area is 154 Å². The highest BCUT2D eigenvalue weighted by Gasteiger charge is 2.34. The molecule has 2 rings (SSSR count). The zero-order chi connectivity index (χ0) is 17.7. The molecule has 0 aromatic heterocycles. The molecule has 0 atom stereocenters. The van der Waals surface area contributed by atoms with Gasteiger partial charge >= 0.3 is 0 Å². The number of hydrogen-bond acceptors (Lipinski definition) is 5. The lowest BCUT2D eigenvalue weighted by Gasteiger charge is -2.12. The Hall–Kier alpha value is -1.47. The molecule has 0 bridgehead atoms. The molecular formula is C17H20BrNO4S. The average Bonchev–Trinajstić information content (AvgIpc) is 2.82. The van der Waals surface area contributed by atoms with E-state index in [2.05, 4.69) is 22.9 Å². The summed E-state index contributed by atoms with van der Waals surface area (Å²) in [5, 5.41) is -0.214. The Morgan fingerprint density at radius 1 is 1.17 bits per heavy atom. The summed E-state index contributed by atoms with van der Waals surface area (Å²) in [6.07, 6.45) is 4.57. The molecular weight excluding hydrogens is 394 g/mol. The van der Waals surface area contributed by atoms with Crippen LogP contribution >= 0.6 is 27.7 Å². The van der Waals surface area contributed by atoms with Crippen LogP contribution in [0.4, 0.5) is 4.79 Å². The smallest absolute Gasteiger partial charge is 0.293 e. The highest BCUT2D eigenvalue weighted by Crippen LogP contribution is 2.37. The zero-order valence-electron chi connectivity index (χ0n) is 13.9. The fourth-order valence-corrected chi connectivity index (χ4v) is 3.73. The van der Waals surface area contributed by atoms with Crippen molar-refractivity contribution in [1.29, 1.82) is 0 Å². The molecule has 0 saturated carbocycles. The van der Waals surface area contributed by atoms with Gasteiger partial charge in [0.25, 0.3) is 11.1 Å². The van der Waals surface area contributed by atoms with Crippen LogP contribution in [0.5, 0.6) is 11.5 Å². The summed E-state index contributed by atoms with van der Waals surface area (Å²) in [7, 11) is 3.12. The van der Waals surface area contributed by atoms with Crippen molar-refractivity contribution in [3.8, 4) is 11.5 Å². The van der Waals surface area contributed by atoms with Gasteiger partial charge in [0.2, 0.25) is 0 Å². The van der Waals surface area contributed by atoms with Crippen molar-refractivity contribution in [2.45, 2.75) is 26.2 Å². The van der Waals surface area contributed by atoms with Crippen molar-refractivity contribution in [2.24, 2.45) is 0 Å². The summed E-state index contributed by atoms with van der Waals surface area (Å²) in [5.74, 6) is 0.972. The van der Waals surface area contributed by atoms with Crippen LogP contribution in [-0.2, 0) is 4.79 Å². The third-order valence-electron chi connectivity index (χ3n) is 3.65. The molecule has 1 fully saturated rings. The van der Waals surface area contributed by atoms with Gasteiger partial charge in [-0.05, 0) is 46.3 Å². The summed E-state index contributed by atoms with van der Waals surface area (Å²) in [4.78, 5) is 26.3. The van der Waals surface area contributed by atoms with E-state index in [1.54, 1.807) is 26.4 Å². The van der Waals surface area contributed by atoms with Crippen molar-refractivity contribution < 1.29 is 19.1 Å². The molecule has 7 heteroatoms. The normalized spacial score (nSPS) is 16.2. The third-order valence-corrected chi connectivity index (χ3v) is 5.18. The van der Waals surface area contributed by atoms with Gasteiger partial charge < -0.3 is 9.47 Å². The lowest BCUT2D eigenvalue weighted by molar-refractivity contribution is -0.122. The largest absolute Gasteiger partial charge is 0.496 e. The zero-order valence-corrected chi connectivity index (χ0v) is 16.3. The number of carbonyl (C=O) groups excluding carboxylic acids is 2. The number of halogens is 1. The van der Waals surface area contributed by atoms with Gasteiger partial charge in [0.1, 0.15) is 11.5 Å². The van der Waals surface area contributed by atoms with E-state index in [0.717, 1.165) is 35.5 Å². The lowest BCUT2D eigenvalue weighted by atomic mass is 10.1. The van der Waals surface area contributed by atoms with E-state index in [9.17, 15) is 9.59 Å². The summed E-state index contributed by atoms with van der Waals surface area (Å²) < 4.78 is 11.3. The number of unbranched alkanes of at least 4 members (excludes halogenated alkanes) is 2. The van der Waals surface area contributed by atoms with Crippen molar-refractivity contribution in [2.75, 3.05) is 20.8 Å². The van der Waals surface area contributed by atoms with Crippen LogP contribution in [0.2, 0.25) is 0 Å². The number of rotatable bonds is 7. The van der Waals surface area contributed by atoms with E-state index >= 15 is 0 Å². The predicted molar refractivity (Wildman–Crippen MR) is 99.4 cm³/mol. The average molecular weight is 414 g/mol. The number of imide groups is 1. The molecule has 0 unspecified atom stereocenters. The van der Waals surface area contributed by atoms with E-state index < -0.39 is 0 Å². The molecule has 2 amide bonds. The minimum absolute atomic E-state index is 0.214. The van der Waals surface area contributed by atoms with Gasteiger partial charge in [-0.3, -0.25) is 14.5 Å². The highest BCUT2D eigenvalue weighted by atomic mass is 79.9. The minimum Gasteiger partial charge on any atom is -0.496 e. The van der Waals surface area contributed by atoms with Crippen LogP contribution in [0.25, 0.3) is 6.08 Å². The molecule has 1 aromatic carbocycles. The number of amides is 2. The number of methoxy groups -OCH3 is 2. The van der Waals surface area contributed by atoms with Crippen molar-refractivity contribution >= 4 is 44.9 Å². The standard InChI is InChI=1S/C17H20BrNO4S/c1-4-5-6-7-19-16(20)15(24-17(19)21)9-11-8-12(18)14(23-3)10-13(11)22-2/h8-10H,4-7H2,1-3H3/b15-9-. The molecule has 1 saturated heterocycles. The third kappa shape index (κ3) is 4.13. The quantitative estimate of drug-likeness (QED) is 0.479. The SMILES string of the molecule is CCCCCN1C(=O)S/C(=C\c2cc(Br)c(OC)cc2OC)C1=O. The van der Waals surface area contributed by atoms with E-state index in [1.807, 2.05) is 6.07 Å². The van der Waals surface area contributed by atoms with Crippen LogP contribution in [0.3, 0.4) is 0 Å². The first kappa shape index (κ1) is 18.9. The molecule has 1 aliphatic heterocycles. The second-order valence-electron chi connectivity index (χ2n) is 5.27. The van der Waals surface area contributed by atoms with E-state index in [1.165, 1.54) is 4.90 Å². The molecule has 0 N–H and O–H groups in total. The van der Waals surface area contributed by atoms with Crippen LogP contribution in [-0.4, -0.2) is 36.8 Å². The maximum atomic E-state index is 12.5. The fourth-order valence-electron chi connectivity index (χ4n) is 2.35. The Balaban J connectivity index is 2.27. The molecule has 1 aromatic rings. The Kier molecular flexibility index (Phi) is 6.74. The van der Waals surface area contributed by atoms with Crippen molar-refractivity contribution in [1.82, 2.24) is 4.90 Å². The minimum atomic E-state index is -0.241. The van der Waals surface area contributed by atoms with Gasteiger partial charge in [-0.15, -0.1) is 0 Å². The molecule has 5 nitrogen and oxygen atoms in total. The number of hydrogen-bond donors (Lipinski definition) is 0. The molecule has 1 aliphatic rings. The first-order valence-electron chi connectivity index (χ1n) is 7.68. The van der Waals surface area contributed by atoms with Gasteiger partial charge in [-0.25, -0.2) is 0 Å². The maximum absolute atomic E-state index is 12.5. The molecule has 0 aliphatic carbocycles. The Morgan fingerprint density at radius 3 is 2.50 bits per heavy atom. The Bertz CT molecular complexity index is 675. The molecule has 0 spiro atoms. The summed E-state index contributed by atoms with van der Waals surface area (Å²) >= 11 is 4.39. The van der Waals surface area contributed by atoms with E-state index in [0.29, 0.717) is 28.5 Å². The lowest BCUT2D eigenvalue weighted by Crippen LogP contribution is -2.29. The van der Waals surface area contributed by atoms with Gasteiger partial charge in [-0.1, -0.05) is 19.8 Å². The number of benzene rings is 1. The van der Waals surface area contributed by atoms with Crippen LogP contribution in [0.1, 0.15) is 31.7 Å². The van der Waals surface area contributed by atoms with Gasteiger partial charge in [0.15, 0.2) is 0 Å². The summed E-state index contributed by atoms with van der Waals surface area (Å²) in [6, 6.07) is 3.55. The van der Waals surface area contributed by atoms with Gasteiger partial charge in [0.05, 0.1) is 23.6 Å². The molecule has 0 radical (unpaired) electrons. The maximum Gasteiger partial charge on any atom is 0.293 e. The van der Waals surface area contributed by atoms with Crippen LogP contribution in [0.15, 0.2) is 21.5 Å². The number of ether oxygens (including phenoxy) is 2. The summed E-state index contributed by atoms with van der Waals surface area (Å²) in [6.45, 7) is 2.56. The monoisotopic (exact) mass is 413 g/mol. The fraction of sp³-hybridized carbons (Fsp3) is 0.412. The van der Waals surface area contributed by atoms with E-state index in [4.69, 9.17) is 9.47 Å². The molecule has 1 heterocycles. The summed E-state index contributed by atoms with van der Waals surface area (Å²) in [5.41, 5.74) is 0.712.